The summed E-state index contributed by atoms with van der Waals surface area (Å²) >= 11 is 1.23. The third kappa shape index (κ3) is 5.03. The van der Waals surface area contributed by atoms with E-state index in [0.29, 0.717) is 34.0 Å². The van der Waals surface area contributed by atoms with Gasteiger partial charge in [0.1, 0.15) is 10.3 Å². The van der Waals surface area contributed by atoms with E-state index in [1.807, 2.05) is 53.4 Å². The van der Waals surface area contributed by atoms with Crippen LogP contribution in [-0.4, -0.2) is 33.7 Å². The van der Waals surface area contributed by atoms with Crippen molar-refractivity contribution in [3.8, 4) is 17.1 Å². The average Bonchev–Trinajstić information content (AvgIpc) is 3.55. The molecule has 1 aliphatic rings. The van der Waals surface area contributed by atoms with Gasteiger partial charge in [-0.2, -0.15) is 9.50 Å². The molecule has 1 aliphatic heterocycles. The van der Waals surface area contributed by atoms with Gasteiger partial charge in [-0.3, -0.25) is 9.59 Å². The molecule has 5 rings (SSSR count). The molecule has 2 aromatic heterocycles. The van der Waals surface area contributed by atoms with E-state index >= 15 is 0 Å². The van der Waals surface area contributed by atoms with E-state index in [1.54, 1.807) is 0 Å². The zero-order valence-electron chi connectivity index (χ0n) is 21.4. The van der Waals surface area contributed by atoms with Crippen LogP contribution in [0.5, 0.6) is 5.75 Å². The number of nitrogens with zero attached hydrogens (tertiary/aromatic N) is 4. The predicted molar refractivity (Wildman–Crippen MR) is 148 cm³/mol. The third-order valence-corrected chi connectivity index (χ3v) is 7.70. The maximum absolute atomic E-state index is 13.5. The highest BCUT2D eigenvalue weighted by atomic mass is 32.1. The fourth-order valence-corrected chi connectivity index (χ4v) is 5.63. The highest BCUT2D eigenvalue weighted by Gasteiger charge is 2.33. The average molecular weight is 517 g/mol. The van der Waals surface area contributed by atoms with Gasteiger partial charge in [-0.1, -0.05) is 75.5 Å². The highest BCUT2D eigenvalue weighted by Crippen LogP contribution is 2.35. The number of carbonyl (C=O) groups is 1. The normalized spacial score (nSPS) is 14.5. The Balaban J connectivity index is 1.44. The van der Waals surface area contributed by atoms with Crippen LogP contribution < -0.4 is 19.7 Å². The largest absolute Gasteiger partial charge is 0.494 e. The van der Waals surface area contributed by atoms with Crippen LogP contribution in [0.25, 0.3) is 21.9 Å². The van der Waals surface area contributed by atoms with E-state index in [1.165, 1.54) is 35.1 Å². The van der Waals surface area contributed by atoms with Crippen LogP contribution in [0.15, 0.2) is 53.3 Å². The molecule has 0 saturated heterocycles. The van der Waals surface area contributed by atoms with Crippen molar-refractivity contribution in [1.82, 2.24) is 14.6 Å². The molecule has 1 amide bonds. The number of hydrogen-bond acceptors (Lipinski definition) is 6. The minimum absolute atomic E-state index is 0.114. The lowest BCUT2D eigenvalue weighted by molar-refractivity contribution is -0.113. The molecule has 0 aliphatic carbocycles. The van der Waals surface area contributed by atoms with Crippen molar-refractivity contribution in [3.63, 3.8) is 0 Å². The number of amides is 1. The SMILES string of the molecule is CCCCCCCN1C(=O)/C(=c2\sc3nc(-c4ccc(OCCCC)cc4)nn3c2=O)c2ccccc21. The number of carbonyl (C=O) groups excluding carboxylic acids is 1. The number of hydrogen-bond donors (Lipinski definition) is 0. The fraction of sp³-hybridized carbons (Fsp3) is 0.379. The van der Waals surface area contributed by atoms with Crippen molar-refractivity contribution in [3.05, 3.63) is 69.0 Å². The van der Waals surface area contributed by atoms with Gasteiger partial charge in [0, 0.05) is 17.7 Å². The van der Waals surface area contributed by atoms with E-state index < -0.39 is 0 Å². The van der Waals surface area contributed by atoms with Gasteiger partial charge >= 0.3 is 0 Å². The minimum Gasteiger partial charge on any atom is -0.494 e. The second-order valence-electron chi connectivity index (χ2n) is 9.36. The summed E-state index contributed by atoms with van der Waals surface area (Å²) in [6.07, 6.45) is 7.70. The maximum Gasteiger partial charge on any atom is 0.291 e. The van der Waals surface area contributed by atoms with Gasteiger partial charge in [0.05, 0.1) is 17.9 Å². The van der Waals surface area contributed by atoms with Gasteiger partial charge in [-0.25, -0.2) is 0 Å². The van der Waals surface area contributed by atoms with Gasteiger partial charge < -0.3 is 9.64 Å². The molecule has 0 N–H and O–H groups in total. The van der Waals surface area contributed by atoms with Crippen molar-refractivity contribution >= 4 is 33.5 Å². The summed E-state index contributed by atoms with van der Waals surface area (Å²) in [5.74, 6) is 1.17. The Kier molecular flexibility index (Phi) is 7.65. The van der Waals surface area contributed by atoms with E-state index in [0.717, 1.165) is 48.2 Å². The molecule has 192 valence electrons. The predicted octanol–water partition coefficient (Wildman–Crippen LogP) is 5.23. The highest BCUT2D eigenvalue weighted by molar-refractivity contribution is 7.15. The molecule has 4 aromatic rings. The Morgan fingerprint density at radius 3 is 2.41 bits per heavy atom. The monoisotopic (exact) mass is 516 g/mol. The standard InChI is InChI=1S/C29H32N4O3S/c1-3-5-7-8-11-18-32-23-13-10-9-12-22(23)24(27(32)34)25-28(35)33-29(37-25)30-26(31-33)20-14-16-21(17-15-20)36-19-6-4-2/h9-10,12-17H,3-8,11,18-19H2,1-2H3/b25-24-. The van der Waals surface area contributed by atoms with Crippen LogP contribution in [0.2, 0.25) is 0 Å². The Bertz CT molecular complexity index is 1510. The van der Waals surface area contributed by atoms with Crippen LogP contribution in [0.3, 0.4) is 0 Å². The lowest BCUT2D eigenvalue weighted by Gasteiger charge is -2.16. The van der Waals surface area contributed by atoms with Crippen molar-refractivity contribution in [2.75, 3.05) is 18.1 Å². The van der Waals surface area contributed by atoms with Crippen LogP contribution in [-0.2, 0) is 4.79 Å². The molecule has 0 bridgehead atoms. The molecule has 0 atom stereocenters. The summed E-state index contributed by atoms with van der Waals surface area (Å²) in [7, 11) is 0. The molecule has 0 radical (unpaired) electrons. The number of aromatic nitrogens is 3. The van der Waals surface area contributed by atoms with E-state index in [9.17, 15) is 9.59 Å². The number of para-hydroxylation sites is 1. The van der Waals surface area contributed by atoms with Gasteiger partial charge in [-0.05, 0) is 43.2 Å². The lowest BCUT2D eigenvalue weighted by atomic mass is 10.1. The molecule has 37 heavy (non-hydrogen) atoms. The summed E-state index contributed by atoms with van der Waals surface area (Å²) in [6, 6.07) is 15.3. The molecule has 8 heteroatoms. The number of benzene rings is 2. The molecule has 0 unspecified atom stereocenters. The topological polar surface area (TPSA) is 76.8 Å². The molecular weight excluding hydrogens is 484 g/mol. The quantitative estimate of drug-likeness (QED) is 0.255. The second kappa shape index (κ2) is 11.3. The van der Waals surface area contributed by atoms with Crippen LogP contribution in [0.4, 0.5) is 5.69 Å². The molecule has 0 saturated carbocycles. The van der Waals surface area contributed by atoms with Gasteiger partial charge in [0.2, 0.25) is 4.96 Å². The van der Waals surface area contributed by atoms with Crippen molar-refractivity contribution in [2.45, 2.75) is 58.8 Å². The number of fused-ring (bicyclic) bond motifs is 2. The molecule has 3 heterocycles. The minimum atomic E-state index is -0.304. The summed E-state index contributed by atoms with van der Waals surface area (Å²) in [6.45, 7) is 5.66. The number of anilines is 1. The van der Waals surface area contributed by atoms with Crippen LogP contribution in [0, 0.1) is 0 Å². The first-order valence-electron chi connectivity index (χ1n) is 13.2. The zero-order valence-corrected chi connectivity index (χ0v) is 22.2. The van der Waals surface area contributed by atoms with E-state index in [4.69, 9.17) is 4.74 Å². The number of unbranched alkanes of at least 4 members (excludes halogenated alkanes) is 5. The zero-order chi connectivity index (χ0) is 25.8. The number of ether oxygens (including phenoxy) is 1. The second-order valence-corrected chi connectivity index (χ2v) is 10.3. The lowest BCUT2D eigenvalue weighted by Crippen LogP contribution is -2.33. The fourth-order valence-electron chi connectivity index (χ4n) is 4.64. The third-order valence-electron chi connectivity index (χ3n) is 6.67. The maximum atomic E-state index is 13.5. The summed E-state index contributed by atoms with van der Waals surface area (Å²) in [4.78, 5) is 33.9. The smallest absolute Gasteiger partial charge is 0.291 e. The van der Waals surface area contributed by atoms with Crippen molar-refractivity contribution in [1.29, 1.82) is 0 Å². The molecule has 0 fully saturated rings. The number of thiazole rings is 1. The van der Waals surface area contributed by atoms with E-state index in [-0.39, 0.29) is 11.5 Å². The van der Waals surface area contributed by atoms with Gasteiger partial charge in [0.25, 0.3) is 11.5 Å². The van der Waals surface area contributed by atoms with Crippen LogP contribution in [0.1, 0.15) is 64.4 Å². The summed E-state index contributed by atoms with van der Waals surface area (Å²) < 4.78 is 7.44. The molecule has 7 nitrogen and oxygen atoms in total. The Morgan fingerprint density at radius 2 is 1.65 bits per heavy atom. The Morgan fingerprint density at radius 1 is 0.892 bits per heavy atom. The van der Waals surface area contributed by atoms with Gasteiger partial charge in [-0.15, -0.1) is 5.10 Å². The first-order chi connectivity index (χ1) is 18.1. The van der Waals surface area contributed by atoms with Crippen molar-refractivity contribution < 1.29 is 9.53 Å². The van der Waals surface area contributed by atoms with Gasteiger partial charge in [0.15, 0.2) is 5.82 Å². The molecule has 2 aromatic carbocycles. The summed E-state index contributed by atoms with van der Waals surface area (Å²) in [5.41, 5.74) is 2.64. The Hall–Kier alpha value is -3.52. The van der Waals surface area contributed by atoms with E-state index in [2.05, 4.69) is 23.9 Å². The Labute approximate surface area is 220 Å². The molecule has 0 spiro atoms. The summed E-state index contributed by atoms with van der Waals surface area (Å²) in [5, 5.41) is 4.48. The van der Waals surface area contributed by atoms with Crippen molar-refractivity contribution in [2.24, 2.45) is 0 Å². The van der Waals surface area contributed by atoms with Crippen LogP contribution >= 0.6 is 11.3 Å². The first kappa shape index (κ1) is 25.1. The molecular formula is C29H32N4O3S. The first-order valence-corrected chi connectivity index (χ1v) is 14.0. The number of rotatable bonds is 11.